The van der Waals surface area contributed by atoms with E-state index in [0.29, 0.717) is 5.56 Å². The zero-order chi connectivity index (χ0) is 14.8. The fraction of sp³-hybridized carbons (Fsp3) is 0.0769. The predicted molar refractivity (Wildman–Crippen MR) is 70.9 cm³/mol. The van der Waals surface area contributed by atoms with Crippen molar-refractivity contribution in [3.05, 3.63) is 53.5 Å². The van der Waals surface area contributed by atoms with Crippen LogP contribution in [0.3, 0.4) is 0 Å². The van der Waals surface area contributed by atoms with Gasteiger partial charge in [0.05, 0.1) is 16.5 Å². The fourth-order valence-corrected chi connectivity index (χ4v) is 2.89. The Kier molecular flexibility index (Phi) is 3.68. The molecule has 7 heteroatoms. The lowest BCUT2D eigenvalue weighted by atomic mass is 10.2. The third-order valence-electron chi connectivity index (χ3n) is 2.60. The van der Waals surface area contributed by atoms with Crippen molar-refractivity contribution < 1.29 is 12.8 Å². The second-order valence-corrected chi connectivity index (χ2v) is 5.68. The summed E-state index contributed by atoms with van der Waals surface area (Å²) in [5, 5.41) is 8.81. The Morgan fingerprint density at radius 2 is 2.10 bits per heavy atom. The van der Waals surface area contributed by atoms with Crippen molar-refractivity contribution in [1.82, 2.24) is 4.98 Å². The van der Waals surface area contributed by atoms with E-state index in [1.807, 2.05) is 6.07 Å². The topological polar surface area (TPSA) is 82.8 Å². The number of rotatable bonds is 3. The Morgan fingerprint density at radius 1 is 1.35 bits per heavy atom. The largest absolute Gasteiger partial charge is 0.263 e. The Bertz CT molecular complexity index is 798. The smallest absolute Gasteiger partial charge is 0.261 e. The Labute approximate surface area is 115 Å². The summed E-state index contributed by atoms with van der Waals surface area (Å²) in [4.78, 5) is 3.55. The van der Waals surface area contributed by atoms with E-state index in [0.717, 1.165) is 6.07 Å². The molecule has 0 bridgehead atoms. The van der Waals surface area contributed by atoms with Gasteiger partial charge < -0.3 is 0 Å². The van der Waals surface area contributed by atoms with Crippen LogP contribution in [-0.4, -0.2) is 13.4 Å². The zero-order valence-corrected chi connectivity index (χ0v) is 11.3. The molecule has 1 aromatic heterocycles. The van der Waals surface area contributed by atoms with E-state index in [1.165, 1.54) is 30.5 Å². The summed E-state index contributed by atoms with van der Waals surface area (Å²) in [6, 6.07) is 8.58. The normalized spacial score (nSPS) is 10.8. The molecule has 0 amide bonds. The molecule has 0 unspecified atom stereocenters. The highest BCUT2D eigenvalue weighted by atomic mass is 32.2. The molecule has 5 nitrogen and oxygen atoms in total. The van der Waals surface area contributed by atoms with Crippen molar-refractivity contribution in [3.63, 3.8) is 0 Å². The summed E-state index contributed by atoms with van der Waals surface area (Å²) < 4.78 is 39.9. The number of nitrogens with zero attached hydrogens (tertiary/aromatic N) is 2. The molecule has 0 spiro atoms. The molecular formula is C13H10FN3O2S. The molecule has 1 N–H and O–H groups in total. The van der Waals surface area contributed by atoms with Gasteiger partial charge in [0.25, 0.3) is 10.0 Å². The van der Waals surface area contributed by atoms with E-state index in [4.69, 9.17) is 5.26 Å². The molecule has 0 saturated heterocycles. The van der Waals surface area contributed by atoms with Crippen LogP contribution in [-0.2, 0) is 10.0 Å². The molecule has 0 saturated carbocycles. The van der Waals surface area contributed by atoms with Crippen LogP contribution in [0.15, 0.2) is 41.4 Å². The molecule has 2 aromatic rings. The van der Waals surface area contributed by atoms with E-state index < -0.39 is 15.8 Å². The van der Waals surface area contributed by atoms with Crippen LogP contribution in [0.25, 0.3) is 0 Å². The van der Waals surface area contributed by atoms with Gasteiger partial charge in [0.15, 0.2) is 11.6 Å². The van der Waals surface area contributed by atoms with Gasteiger partial charge in [-0.25, -0.2) is 17.8 Å². The lowest BCUT2D eigenvalue weighted by Crippen LogP contribution is -2.16. The number of aromatic nitrogens is 1. The number of halogens is 1. The summed E-state index contributed by atoms with van der Waals surface area (Å²) >= 11 is 0. The van der Waals surface area contributed by atoms with Crippen LogP contribution in [0.5, 0.6) is 0 Å². The summed E-state index contributed by atoms with van der Waals surface area (Å²) in [6.07, 6.45) is 1.28. The Balaban J connectivity index is 2.47. The van der Waals surface area contributed by atoms with Gasteiger partial charge in [-0.15, -0.1) is 0 Å². The lowest BCUT2D eigenvalue weighted by Gasteiger charge is -2.10. The van der Waals surface area contributed by atoms with Gasteiger partial charge in [-0.1, -0.05) is 6.07 Å². The van der Waals surface area contributed by atoms with Crippen molar-refractivity contribution in [1.29, 1.82) is 5.26 Å². The second-order valence-electron chi connectivity index (χ2n) is 4.03. The van der Waals surface area contributed by atoms with E-state index >= 15 is 0 Å². The van der Waals surface area contributed by atoms with Gasteiger partial charge in [-0.2, -0.15) is 5.26 Å². The fourth-order valence-electron chi connectivity index (χ4n) is 1.60. The minimum absolute atomic E-state index is 0.0818. The Hall–Kier alpha value is -2.46. The first-order chi connectivity index (χ1) is 9.44. The van der Waals surface area contributed by atoms with E-state index in [-0.39, 0.29) is 16.3 Å². The van der Waals surface area contributed by atoms with Gasteiger partial charge >= 0.3 is 0 Å². The molecule has 2 rings (SSSR count). The van der Waals surface area contributed by atoms with E-state index in [1.54, 1.807) is 6.92 Å². The summed E-state index contributed by atoms with van der Waals surface area (Å²) in [5.41, 5.74) is 0.658. The van der Waals surface area contributed by atoms with Crippen LogP contribution in [0.2, 0.25) is 0 Å². The second kappa shape index (κ2) is 5.27. The summed E-state index contributed by atoms with van der Waals surface area (Å²) in [7, 11) is -4.00. The molecule has 0 aliphatic heterocycles. The van der Waals surface area contributed by atoms with Crippen LogP contribution < -0.4 is 4.72 Å². The minimum Gasteiger partial charge on any atom is -0.261 e. The standard InChI is InChI=1S/C13H10FN3O2S/c1-9-4-5-10(8-15)7-12(9)20(18,19)17-13-11(14)3-2-6-16-13/h2-7H,1H3,(H,16,17). The quantitative estimate of drug-likeness (QED) is 0.939. The maximum atomic E-state index is 13.4. The number of nitrogens with one attached hydrogen (secondary N) is 1. The molecular weight excluding hydrogens is 281 g/mol. The maximum Gasteiger partial charge on any atom is 0.263 e. The first kappa shape index (κ1) is 14.0. The monoisotopic (exact) mass is 291 g/mol. The third-order valence-corrected chi connectivity index (χ3v) is 4.08. The highest BCUT2D eigenvalue weighted by Crippen LogP contribution is 2.20. The first-order valence-electron chi connectivity index (χ1n) is 5.58. The number of aryl methyl sites for hydroxylation is 1. The molecule has 1 heterocycles. The highest BCUT2D eigenvalue weighted by molar-refractivity contribution is 7.92. The number of anilines is 1. The number of hydrogen-bond donors (Lipinski definition) is 1. The van der Waals surface area contributed by atoms with Crippen LogP contribution in [0.1, 0.15) is 11.1 Å². The molecule has 1 aromatic carbocycles. The zero-order valence-electron chi connectivity index (χ0n) is 10.5. The van der Waals surface area contributed by atoms with E-state index in [9.17, 15) is 12.8 Å². The molecule has 102 valence electrons. The van der Waals surface area contributed by atoms with Crippen LogP contribution in [0.4, 0.5) is 10.2 Å². The van der Waals surface area contributed by atoms with Gasteiger partial charge in [-0.3, -0.25) is 4.72 Å². The molecule has 0 atom stereocenters. The van der Waals surface area contributed by atoms with Gasteiger partial charge in [-0.05, 0) is 36.8 Å². The molecule has 0 aliphatic carbocycles. The predicted octanol–water partition coefficient (Wildman–Crippen LogP) is 2.20. The first-order valence-corrected chi connectivity index (χ1v) is 7.06. The number of hydrogen-bond acceptors (Lipinski definition) is 4. The van der Waals surface area contributed by atoms with Crippen molar-refractivity contribution in [2.75, 3.05) is 4.72 Å². The lowest BCUT2D eigenvalue weighted by molar-refractivity contribution is 0.597. The van der Waals surface area contributed by atoms with Crippen molar-refractivity contribution in [3.8, 4) is 6.07 Å². The van der Waals surface area contributed by atoms with Gasteiger partial charge in [0.2, 0.25) is 0 Å². The number of nitriles is 1. The minimum atomic E-state index is -4.00. The highest BCUT2D eigenvalue weighted by Gasteiger charge is 2.19. The van der Waals surface area contributed by atoms with Crippen molar-refractivity contribution in [2.24, 2.45) is 0 Å². The van der Waals surface area contributed by atoms with Gasteiger partial charge in [0, 0.05) is 6.20 Å². The van der Waals surface area contributed by atoms with Crippen molar-refractivity contribution >= 4 is 15.8 Å². The van der Waals surface area contributed by atoms with Crippen molar-refractivity contribution in [2.45, 2.75) is 11.8 Å². The summed E-state index contributed by atoms with van der Waals surface area (Å²) in [5.74, 6) is -1.15. The average Bonchev–Trinajstić information content (AvgIpc) is 2.41. The Morgan fingerprint density at radius 3 is 2.75 bits per heavy atom. The number of sulfonamides is 1. The number of benzene rings is 1. The summed E-state index contributed by atoms with van der Waals surface area (Å²) in [6.45, 7) is 1.59. The average molecular weight is 291 g/mol. The van der Waals surface area contributed by atoms with Crippen LogP contribution in [0, 0.1) is 24.1 Å². The number of pyridine rings is 1. The molecule has 0 fully saturated rings. The molecule has 20 heavy (non-hydrogen) atoms. The van der Waals surface area contributed by atoms with E-state index in [2.05, 4.69) is 9.71 Å². The SMILES string of the molecule is Cc1ccc(C#N)cc1S(=O)(=O)Nc1ncccc1F. The maximum absolute atomic E-state index is 13.4. The molecule has 0 radical (unpaired) electrons. The molecule has 0 aliphatic rings. The van der Waals surface area contributed by atoms with Crippen LogP contribution >= 0.6 is 0 Å². The van der Waals surface area contributed by atoms with Gasteiger partial charge in [0.1, 0.15) is 0 Å². The third kappa shape index (κ3) is 2.75.